The molecule has 0 aromatic carbocycles. The Morgan fingerprint density at radius 1 is 1.23 bits per heavy atom. The smallest absolute Gasteiger partial charge is 0.149 e. The van der Waals surface area contributed by atoms with E-state index in [-0.39, 0.29) is 6.04 Å². The van der Waals surface area contributed by atoms with Crippen molar-refractivity contribution >= 4 is 5.78 Å². The van der Waals surface area contributed by atoms with E-state index in [0.717, 1.165) is 13.1 Å². The summed E-state index contributed by atoms with van der Waals surface area (Å²) in [7, 11) is 0. The molecule has 0 aromatic rings. The number of likely N-dealkylation sites (N-methyl/N-ethyl adjacent to an activating group) is 1. The van der Waals surface area contributed by atoms with Crippen LogP contribution in [0.15, 0.2) is 0 Å². The second-order valence-corrected chi connectivity index (χ2v) is 3.98. The van der Waals surface area contributed by atoms with Gasteiger partial charge in [-0.25, -0.2) is 0 Å². The fourth-order valence-corrected chi connectivity index (χ4v) is 1.53. The molecule has 0 radical (unpaired) electrons. The van der Waals surface area contributed by atoms with E-state index in [1.54, 1.807) is 0 Å². The van der Waals surface area contributed by atoms with Gasteiger partial charge in [-0.3, -0.25) is 9.69 Å². The summed E-state index contributed by atoms with van der Waals surface area (Å²) < 4.78 is 0. The Labute approximate surface area is 82.3 Å². The Hall–Kier alpha value is -0.370. The van der Waals surface area contributed by atoms with Gasteiger partial charge in [-0.05, 0) is 19.4 Å². The molecule has 1 unspecified atom stereocenters. The van der Waals surface area contributed by atoms with Crippen LogP contribution in [-0.4, -0.2) is 29.8 Å². The highest BCUT2D eigenvalue weighted by Crippen LogP contribution is 2.06. The highest BCUT2D eigenvalue weighted by molar-refractivity contribution is 5.83. The lowest BCUT2D eigenvalue weighted by molar-refractivity contribution is -0.123. The normalized spacial score (nSPS) is 13.8. The summed E-state index contributed by atoms with van der Waals surface area (Å²) in [5, 5.41) is 0. The maximum absolute atomic E-state index is 11.5. The standard InChI is InChI=1S/C11H23NO/c1-6-11(13)10(5)12(7-2)8-9(3)4/h9-10H,6-8H2,1-5H3. The van der Waals surface area contributed by atoms with Crippen LogP contribution < -0.4 is 0 Å². The van der Waals surface area contributed by atoms with Crippen molar-refractivity contribution in [3.05, 3.63) is 0 Å². The Kier molecular flexibility index (Phi) is 5.97. The Morgan fingerprint density at radius 3 is 2.08 bits per heavy atom. The quantitative estimate of drug-likeness (QED) is 0.633. The highest BCUT2D eigenvalue weighted by Gasteiger charge is 2.18. The van der Waals surface area contributed by atoms with Crippen LogP contribution in [0.1, 0.15) is 41.0 Å². The predicted molar refractivity (Wildman–Crippen MR) is 56.8 cm³/mol. The molecule has 0 saturated carbocycles. The molecule has 0 aliphatic heterocycles. The predicted octanol–water partition coefficient (Wildman–Crippen LogP) is 2.33. The summed E-state index contributed by atoms with van der Waals surface area (Å²) >= 11 is 0. The van der Waals surface area contributed by atoms with Crippen LogP contribution in [0.4, 0.5) is 0 Å². The molecule has 0 aliphatic rings. The molecule has 0 amide bonds. The van der Waals surface area contributed by atoms with Gasteiger partial charge in [0.2, 0.25) is 0 Å². The van der Waals surface area contributed by atoms with Gasteiger partial charge in [0, 0.05) is 13.0 Å². The molecule has 0 bridgehead atoms. The molecule has 0 rings (SSSR count). The molecule has 0 aromatic heterocycles. The van der Waals surface area contributed by atoms with Crippen molar-refractivity contribution in [1.82, 2.24) is 4.90 Å². The molecule has 0 aliphatic carbocycles. The van der Waals surface area contributed by atoms with Crippen LogP contribution in [0.25, 0.3) is 0 Å². The van der Waals surface area contributed by atoms with E-state index in [1.165, 1.54) is 0 Å². The molecule has 0 N–H and O–H groups in total. The second kappa shape index (κ2) is 6.14. The summed E-state index contributed by atoms with van der Waals surface area (Å²) in [6.07, 6.45) is 0.649. The van der Waals surface area contributed by atoms with Gasteiger partial charge in [0.25, 0.3) is 0 Å². The third kappa shape index (κ3) is 4.41. The molecule has 2 heteroatoms. The van der Waals surface area contributed by atoms with Crippen LogP contribution >= 0.6 is 0 Å². The number of hydrogen-bond donors (Lipinski definition) is 0. The summed E-state index contributed by atoms with van der Waals surface area (Å²) in [4.78, 5) is 13.7. The molecule has 78 valence electrons. The van der Waals surface area contributed by atoms with E-state index in [1.807, 2.05) is 13.8 Å². The summed E-state index contributed by atoms with van der Waals surface area (Å²) in [5.41, 5.74) is 0. The van der Waals surface area contributed by atoms with Crippen LogP contribution in [-0.2, 0) is 4.79 Å². The summed E-state index contributed by atoms with van der Waals surface area (Å²) in [6, 6.07) is 0.0948. The zero-order valence-electron chi connectivity index (χ0n) is 9.63. The number of carbonyl (C=O) groups is 1. The third-order valence-corrected chi connectivity index (χ3v) is 2.37. The van der Waals surface area contributed by atoms with Crippen molar-refractivity contribution in [2.24, 2.45) is 5.92 Å². The summed E-state index contributed by atoms with van der Waals surface area (Å²) in [6.45, 7) is 12.4. The van der Waals surface area contributed by atoms with Gasteiger partial charge >= 0.3 is 0 Å². The van der Waals surface area contributed by atoms with Gasteiger partial charge in [0.1, 0.15) is 5.78 Å². The maximum atomic E-state index is 11.5. The van der Waals surface area contributed by atoms with Crippen molar-refractivity contribution in [1.29, 1.82) is 0 Å². The van der Waals surface area contributed by atoms with Gasteiger partial charge in [-0.15, -0.1) is 0 Å². The Balaban J connectivity index is 4.14. The molecule has 2 nitrogen and oxygen atoms in total. The Morgan fingerprint density at radius 2 is 1.77 bits per heavy atom. The van der Waals surface area contributed by atoms with Gasteiger partial charge in [-0.2, -0.15) is 0 Å². The minimum atomic E-state index is 0.0948. The van der Waals surface area contributed by atoms with Crippen molar-refractivity contribution in [3.63, 3.8) is 0 Å². The van der Waals surface area contributed by atoms with E-state index in [2.05, 4.69) is 25.7 Å². The fraction of sp³-hybridized carbons (Fsp3) is 0.909. The number of Topliss-reactive ketones (excluding diaryl/α,β-unsaturated/α-hetero) is 1. The van der Waals surface area contributed by atoms with Crippen LogP contribution in [0.5, 0.6) is 0 Å². The number of carbonyl (C=O) groups excluding carboxylic acids is 1. The zero-order chi connectivity index (χ0) is 10.4. The molecule has 13 heavy (non-hydrogen) atoms. The molecular formula is C11H23NO. The first-order valence-corrected chi connectivity index (χ1v) is 5.29. The number of hydrogen-bond acceptors (Lipinski definition) is 2. The summed E-state index contributed by atoms with van der Waals surface area (Å²) in [5.74, 6) is 0.981. The molecule has 1 atom stereocenters. The molecular weight excluding hydrogens is 162 g/mol. The lowest BCUT2D eigenvalue weighted by Crippen LogP contribution is -2.40. The first-order chi connectivity index (χ1) is 6.02. The van der Waals surface area contributed by atoms with Gasteiger partial charge < -0.3 is 0 Å². The topological polar surface area (TPSA) is 20.3 Å². The van der Waals surface area contributed by atoms with Crippen LogP contribution in [0, 0.1) is 5.92 Å². The lowest BCUT2D eigenvalue weighted by Gasteiger charge is -2.28. The fourth-order valence-electron chi connectivity index (χ4n) is 1.53. The average molecular weight is 185 g/mol. The van der Waals surface area contributed by atoms with Gasteiger partial charge in [0.05, 0.1) is 6.04 Å². The monoisotopic (exact) mass is 185 g/mol. The highest BCUT2D eigenvalue weighted by atomic mass is 16.1. The third-order valence-electron chi connectivity index (χ3n) is 2.37. The Bertz CT molecular complexity index is 154. The largest absolute Gasteiger partial charge is 0.298 e. The average Bonchev–Trinajstić information content (AvgIpc) is 2.11. The number of nitrogens with zero attached hydrogens (tertiary/aromatic N) is 1. The lowest BCUT2D eigenvalue weighted by atomic mass is 10.1. The molecule has 0 saturated heterocycles. The second-order valence-electron chi connectivity index (χ2n) is 3.98. The van der Waals surface area contributed by atoms with Crippen molar-refractivity contribution < 1.29 is 4.79 Å². The van der Waals surface area contributed by atoms with Crippen LogP contribution in [0.3, 0.4) is 0 Å². The van der Waals surface area contributed by atoms with Gasteiger partial charge in [-0.1, -0.05) is 27.7 Å². The van der Waals surface area contributed by atoms with Crippen molar-refractivity contribution in [3.8, 4) is 0 Å². The van der Waals surface area contributed by atoms with E-state index >= 15 is 0 Å². The first kappa shape index (κ1) is 12.6. The van der Waals surface area contributed by atoms with Crippen molar-refractivity contribution in [2.45, 2.75) is 47.1 Å². The minimum Gasteiger partial charge on any atom is -0.298 e. The first-order valence-electron chi connectivity index (χ1n) is 5.29. The molecule has 0 fully saturated rings. The van der Waals surface area contributed by atoms with Gasteiger partial charge in [0.15, 0.2) is 0 Å². The van der Waals surface area contributed by atoms with E-state index in [9.17, 15) is 4.79 Å². The maximum Gasteiger partial charge on any atom is 0.149 e. The minimum absolute atomic E-state index is 0.0948. The van der Waals surface area contributed by atoms with E-state index in [0.29, 0.717) is 18.1 Å². The van der Waals surface area contributed by atoms with Crippen LogP contribution in [0.2, 0.25) is 0 Å². The molecule has 0 spiro atoms. The number of ketones is 1. The van der Waals surface area contributed by atoms with E-state index < -0.39 is 0 Å². The van der Waals surface area contributed by atoms with E-state index in [4.69, 9.17) is 0 Å². The SMILES string of the molecule is CCC(=O)C(C)N(CC)CC(C)C. The molecule has 0 heterocycles. The zero-order valence-corrected chi connectivity index (χ0v) is 9.63. The van der Waals surface area contributed by atoms with Crippen molar-refractivity contribution in [2.75, 3.05) is 13.1 Å². The number of rotatable bonds is 6.